The van der Waals surface area contributed by atoms with Crippen LogP contribution < -0.4 is 5.32 Å². The van der Waals surface area contributed by atoms with Gasteiger partial charge < -0.3 is 10.4 Å². The molecule has 1 rings (SSSR count). The summed E-state index contributed by atoms with van der Waals surface area (Å²) in [4.78, 5) is 10.4. The fraction of sp³-hybridized carbons (Fsp3) is 0.375. The molecule has 5 nitrogen and oxygen atoms in total. The Bertz CT molecular complexity index is 373. The Balaban J connectivity index is 2.71. The lowest BCUT2D eigenvalue weighted by molar-refractivity contribution is -0.137. The molecule has 0 saturated carbocycles. The van der Waals surface area contributed by atoms with Gasteiger partial charge in [0.2, 0.25) is 0 Å². The summed E-state index contributed by atoms with van der Waals surface area (Å²) in [6.07, 6.45) is -0.0176. The van der Waals surface area contributed by atoms with Crippen LogP contribution in [0.4, 0.5) is 5.69 Å². The van der Waals surface area contributed by atoms with Crippen molar-refractivity contribution in [2.24, 2.45) is 0 Å². The molecule has 2 N–H and O–H groups in total. The molecule has 0 bridgehead atoms. The highest BCUT2D eigenvalue weighted by molar-refractivity contribution is 6.33. The van der Waals surface area contributed by atoms with Gasteiger partial charge >= 0.3 is 5.97 Å². The van der Waals surface area contributed by atoms with Gasteiger partial charge in [-0.2, -0.15) is 0 Å². The molecule has 1 atom stereocenters. The smallest absolute Gasteiger partial charge is 0.305 e. The van der Waals surface area contributed by atoms with Gasteiger partial charge in [0.25, 0.3) is 0 Å². The maximum atomic E-state index is 10.4. The second-order valence-corrected chi connectivity index (χ2v) is 3.76. The van der Waals surface area contributed by atoms with Crippen LogP contribution in [0.1, 0.15) is 13.3 Å². The number of aromatic nitrogens is 2. The van der Waals surface area contributed by atoms with E-state index in [2.05, 4.69) is 15.5 Å². The lowest BCUT2D eigenvalue weighted by Crippen LogP contribution is -2.19. The molecule has 1 aromatic heterocycles. The van der Waals surface area contributed by atoms with Gasteiger partial charge in [0.15, 0.2) is 10.3 Å². The van der Waals surface area contributed by atoms with Crippen LogP contribution in [-0.4, -0.2) is 27.3 Å². The molecule has 7 heteroatoms. The zero-order chi connectivity index (χ0) is 11.4. The maximum Gasteiger partial charge on any atom is 0.305 e. The minimum Gasteiger partial charge on any atom is -0.481 e. The summed E-state index contributed by atoms with van der Waals surface area (Å²) in [6.45, 7) is 1.72. The molecule has 0 aromatic carbocycles. The first kappa shape index (κ1) is 12.0. The Morgan fingerprint density at radius 2 is 2.27 bits per heavy atom. The van der Waals surface area contributed by atoms with Crippen molar-refractivity contribution in [2.75, 3.05) is 5.32 Å². The molecule has 0 amide bonds. The van der Waals surface area contributed by atoms with Gasteiger partial charge in [0.1, 0.15) is 0 Å². The van der Waals surface area contributed by atoms with Crippen molar-refractivity contribution in [1.29, 1.82) is 0 Å². The zero-order valence-electron chi connectivity index (χ0n) is 7.87. The number of carboxylic acids is 1. The fourth-order valence-corrected chi connectivity index (χ4v) is 1.33. The quantitative estimate of drug-likeness (QED) is 0.855. The van der Waals surface area contributed by atoms with Crippen LogP contribution in [0, 0.1) is 0 Å². The van der Waals surface area contributed by atoms with E-state index < -0.39 is 5.97 Å². The van der Waals surface area contributed by atoms with Crippen LogP contribution >= 0.6 is 23.2 Å². The molecule has 0 radical (unpaired) electrons. The van der Waals surface area contributed by atoms with Crippen LogP contribution in [0.2, 0.25) is 10.3 Å². The van der Waals surface area contributed by atoms with E-state index in [4.69, 9.17) is 28.3 Å². The molecule has 15 heavy (non-hydrogen) atoms. The average molecular weight is 250 g/mol. The number of hydrogen-bond donors (Lipinski definition) is 2. The number of hydrogen-bond acceptors (Lipinski definition) is 4. The molecule has 1 aromatic rings. The van der Waals surface area contributed by atoms with E-state index in [9.17, 15) is 4.79 Å². The van der Waals surface area contributed by atoms with Crippen molar-refractivity contribution in [3.63, 3.8) is 0 Å². The number of anilines is 1. The molecule has 0 aliphatic rings. The van der Waals surface area contributed by atoms with Gasteiger partial charge in [0, 0.05) is 12.1 Å². The van der Waals surface area contributed by atoms with E-state index in [0.717, 1.165) is 0 Å². The van der Waals surface area contributed by atoms with Crippen molar-refractivity contribution in [3.8, 4) is 0 Å². The van der Waals surface area contributed by atoms with Crippen LogP contribution in [-0.2, 0) is 4.79 Å². The first-order valence-electron chi connectivity index (χ1n) is 4.16. The average Bonchev–Trinajstić information content (AvgIpc) is 2.10. The van der Waals surface area contributed by atoms with Gasteiger partial charge in [-0.3, -0.25) is 4.79 Å². The molecular formula is C8H9Cl2N3O2. The van der Waals surface area contributed by atoms with E-state index in [0.29, 0.717) is 5.69 Å². The minimum atomic E-state index is -0.890. The summed E-state index contributed by atoms with van der Waals surface area (Å²) in [5.41, 5.74) is 0.477. The Morgan fingerprint density at radius 1 is 1.60 bits per heavy atom. The van der Waals surface area contributed by atoms with E-state index >= 15 is 0 Å². The standard InChI is InChI=1S/C8H9Cl2N3O2/c1-4(2-7(14)15)11-5-3-6(9)12-13-8(5)10/h3-4H,2H2,1H3,(H,11,12)(H,14,15). The topological polar surface area (TPSA) is 75.1 Å². The minimum absolute atomic E-state index is 0.0176. The lowest BCUT2D eigenvalue weighted by atomic mass is 10.2. The second-order valence-electron chi connectivity index (χ2n) is 3.01. The number of halogens is 2. The SMILES string of the molecule is CC(CC(=O)O)Nc1cc(Cl)nnc1Cl. The molecule has 82 valence electrons. The van der Waals surface area contributed by atoms with Crippen LogP contribution in [0.5, 0.6) is 0 Å². The normalized spacial score (nSPS) is 12.2. The highest BCUT2D eigenvalue weighted by Gasteiger charge is 2.10. The van der Waals surface area contributed by atoms with E-state index in [1.807, 2.05) is 0 Å². The largest absolute Gasteiger partial charge is 0.481 e. The van der Waals surface area contributed by atoms with E-state index in [-0.39, 0.29) is 22.8 Å². The third-order valence-electron chi connectivity index (χ3n) is 1.60. The Morgan fingerprint density at radius 3 is 2.87 bits per heavy atom. The summed E-state index contributed by atoms with van der Waals surface area (Å²) >= 11 is 11.4. The van der Waals surface area contributed by atoms with Gasteiger partial charge in [-0.15, -0.1) is 10.2 Å². The van der Waals surface area contributed by atoms with E-state index in [1.165, 1.54) is 6.07 Å². The van der Waals surface area contributed by atoms with Crippen LogP contribution in [0.25, 0.3) is 0 Å². The number of aliphatic carboxylic acids is 1. The van der Waals surface area contributed by atoms with Crippen molar-refractivity contribution in [2.45, 2.75) is 19.4 Å². The molecule has 0 aliphatic heterocycles. The number of rotatable bonds is 4. The first-order valence-corrected chi connectivity index (χ1v) is 4.91. The maximum absolute atomic E-state index is 10.4. The molecule has 1 unspecified atom stereocenters. The third-order valence-corrected chi connectivity index (χ3v) is 2.07. The zero-order valence-corrected chi connectivity index (χ0v) is 9.38. The number of carboxylic acid groups (broad SMARTS) is 1. The summed E-state index contributed by atoms with van der Waals surface area (Å²) in [5, 5.41) is 18.9. The molecule has 0 saturated heterocycles. The summed E-state index contributed by atoms with van der Waals surface area (Å²) in [5.74, 6) is -0.890. The monoisotopic (exact) mass is 249 g/mol. The summed E-state index contributed by atoms with van der Waals surface area (Å²) < 4.78 is 0. The molecule has 0 aliphatic carbocycles. The highest BCUT2D eigenvalue weighted by atomic mass is 35.5. The lowest BCUT2D eigenvalue weighted by Gasteiger charge is -2.13. The van der Waals surface area contributed by atoms with Crippen LogP contribution in [0.15, 0.2) is 6.07 Å². The van der Waals surface area contributed by atoms with Crippen molar-refractivity contribution >= 4 is 34.9 Å². The molecular weight excluding hydrogens is 241 g/mol. The van der Waals surface area contributed by atoms with Gasteiger partial charge in [-0.05, 0) is 6.92 Å². The Kier molecular flexibility index (Phi) is 4.11. The van der Waals surface area contributed by atoms with Crippen molar-refractivity contribution < 1.29 is 9.90 Å². The molecule has 0 spiro atoms. The predicted octanol–water partition coefficient (Wildman–Crippen LogP) is 2.06. The Hall–Kier alpha value is -1.07. The van der Waals surface area contributed by atoms with Gasteiger partial charge in [0.05, 0.1) is 12.1 Å². The van der Waals surface area contributed by atoms with E-state index in [1.54, 1.807) is 6.92 Å². The van der Waals surface area contributed by atoms with Gasteiger partial charge in [-0.1, -0.05) is 23.2 Å². The molecule has 0 fully saturated rings. The number of nitrogens with zero attached hydrogens (tertiary/aromatic N) is 2. The number of carbonyl (C=O) groups is 1. The second kappa shape index (κ2) is 5.14. The van der Waals surface area contributed by atoms with Crippen molar-refractivity contribution in [3.05, 3.63) is 16.4 Å². The van der Waals surface area contributed by atoms with Crippen molar-refractivity contribution in [1.82, 2.24) is 10.2 Å². The predicted molar refractivity (Wildman–Crippen MR) is 57.4 cm³/mol. The summed E-state index contributed by atoms with van der Waals surface area (Å²) in [6, 6.07) is 1.23. The van der Waals surface area contributed by atoms with Gasteiger partial charge in [-0.25, -0.2) is 0 Å². The summed E-state index contributed by atoms with van der Waals surface area (Å²) in [7, 11) is 0. The highest BCUT2D eigenvalue weighted by Crippen LogP contribution is 2.21. The third kappa shape index (κ3) is 3.89. The molecule has 1 heterocycles. The Labute approximate surface area is 96.4 Å². The fourth-order valence-electron chi connectivity index (χ4n) is 1.03. The number of nitrogens with one attached hydrogen (secondary N) is 1. The van der Waals surface area contributed by atoms with Crippen LogP contribution in [0.3, 0.4) is 0 Å². The first-order chi connectivity index (χ1) is 6.99.